The Bertz CT molecular complexity index is 1550. The fraction of sp³-hybridized carbons (Fsp3) is 0.471. The smallest absolute Gasteiger partial charge is 0.227 e. The molecular formula is C34H45N7O. The van der Waals surface area contributed by atoms with Crippen LogP contribution < -0.4 is 20.7 Å². The summed E-state index contributed by atoms with van der Waals surface area (Å²) in [7, 11) is 7.89. The molecule has 1 fully saturated rings. The highest BCUT2D eigenvalue weighted by atomic mass is 16.5. The quantitative estimate of drug-likeness (QED) is 0.200. The normalized spacial score (nSPS) is 15.1. The highest BCUT2D eigenvalue weighted by molar-refractivity contribution is 5.98. The van der Waals surface area contributed by atoms with Crippen molar-refractivity contribution < 1.29 is 4.74 Å². The number of ether oxygens (including phenoxy) is 1. The molecule has 0 radical (unpaired) electrons. The van der Waals surface area contributed by atoms with Crippen LogP contribution in [0.2, 0.25) is 0 Å². The van der Waals surface area contributed by atoms with Crippen molar-refractivity contribution in [2.45, 2.75) is 57.9 Å². The molecule has 0 unspecified atom stereocenters. The van der Waals surface area contributed by atoms with Gasteiger partial charge in [0.15, 0.2) is 0 Å². The highest BCUT2D eigenvalue weighted by Crippen LogP contribution is 2.39. The lowest BCUT2D eigenvalue weighted by atomic mass is 9.95. The highest BCUT2D eigenvalue weighted by Gasteiger charge is 2.22. The van der Waals surface area contributed by atoms with Crippen molar-refractivity contribution in [1.82, 2.24) is 19.4 Å². The van der Waals surface area contributed by atoms with Gasteiger partial charge in [0.05, 0.1) is 35.4 Å². The van der Waals surface area contributed by atoms with Crippen LogP contribution in [0.1, 0.15) is 49.7 Å². The number of hydrogen-bond donors (Lipinski definition) is 2. The van der Waals surface area contributed by atoms with Gasteiger partial charge in [-0.05, 0) is 62.9 Å². The van der Waals surface area contributed by atoms with Gasteiger partial charge >= 0.3 is 0 Å². The van der Waals surface area contributed by atoms with Gasteiger partial charge in [0.1, 0.15) is 5.75 Å². The van der Waals surface area contributed by atoms with Crippen molar-refractivity contribution in [3.05, 3.63) is 53.9 Å². The van der Waals surface area contributed by atoms with Gasteiger partial charge in [0, 0.05) is 56.1 Å². The molecule has 8 heteroatoms. The van der Waals surface area contributed by atoms with Gasteiger partial charge in [-0.2, -0.15) is 0 Å². The van der Waals surface area contributed by atoms with Gasteiger partial charge in [-0.15, -0.1) is 0 Å². The summed E-state index contributed by atoms with van der Waals surface area (Å²) in [4.78, 5) is 14.3. The minimum absolute atomic E-state index is 0.549. The molecule has 4 aromatic rings. The first kappa shape index (κ1) is 28.3. The van der Waals surface area contributed by atoms with E-state index < -0.39 is 0 Å². The van der Waals surface area contributed by atoms with E-state index in [-0.39, 0.29) is 0 Å². The second-order valence-corrected chi connectivity index (χ2v) is 12.4. The lowest BCUT2D eigenvalue weighted by Gasteiger charge is -2.24. The van der Waals surface area contributed by atoms with Crippen molar-refractivity contribution >= 4 is 33.9 Å². The molecule has 6 rings (SSSR count). The lowest BCUT2D eigenvalue weighted by molar-refractivity contribution is 0.413. The maximum Gasteiger partial charge on any atom is 0.227 e. The summed E-state index contributed by atoms with van der Waals surface area (Å²) in [5.41, 5.74) is 15.2. The van der Waals surface area contributed by atoms with Crippen LogP contribution in [0.3, 0.4) is 0 Å². The van der Waals surface area contributed by atoms with E-state index in [0.717, 1.165) is 55.5 Å². The van der Waals surface area contributed by atoms with Crippen molar-refractivity contribution in [3.8, 4) is 17.0 Å². The second-order valence-electron chi connectivity index (χ2n) is 12.4. The van der Waals surface area contributed by atoms with Gasteiger partial charge < -0.3 is 30.2 Å². The van der Waals surface area contributed by atoms with E-state index in [1.807, 2.05) is 18.3 Å². The number of para-hydroxylation sites is 1. The van der Waals surface area contributed by atoms with Crippen LogP contribution in [-0.2, 0) is 19.4 Å². The first-order chi connectivity index (χ1) is 20.4. The van der Waals surface area contributed by atoms with Crippen LogP contribution in [0.4, 0.5) is 23.0 Å². The molecule has 1 aliphatic heterocycles. The summed E-state index contributed by atoms with van der Waals surface area (Å²) < 4.78 is 8.23. The Hall–Kier alpha value is -3.78. The Labute approximate surface area is 249 Å². The number of hydrogen-bond acceptors (Lipinski definition) is 7. The zero-order chi connectivity index (χ0) is 29.2. The van der Waals surface area contributed by atoms with E-state index in [0.29, 0.717) is 17.4 Å². The number of nitrogens with zero attached hydrogens (tertiary/aromatic N) is 5. The summed E-state index contributed by atoms with van der Waals surface area (Å²) in [6, 6.07) is 10.6. The van der Waals surface area contributed by atoms with E-state index in [2.05, 4.69) is 65.2 Å². The molecule has 0 amide bonds. The second kappa shape index (κ2) is 12.2. The van der Waals surface area contributed by atoms with E-state index in [4.69, 9.17) is 20.4 Å². The van der Waals surface area contributed by atoms with Gasteiger partial charge in [-0.1, -0.05) is 43.9 Å². The number of benzene rings is 2. The molecule has 3 heterocycles. The first-order valence-electron chi connectivity index (χ1n) is 15.5. The van der Waals surface area contributed by atoms with Crippen molar-refractivity contribution in [3.63, 3.8) is 0 Å². The Morgan fingerprint density at radius 2 is 1.93 bits per heavy atom. The Morgan fingerprint density at radius 1 is 1.10 bits per heavy atom. The standard InChI is InChI=1S/C34H45N7O/c1-39(2)17-18-40(3)30-20-31(42-4)29(19-28(30)35)37-34-36-21-25(15-14-23-9-5-6-10-23)32(38-34)27-22-41-16-8-12-24-11-7-13-26(27)33(24)41/h7,11,13,19-23H,5-6,8-10,12,14-18,35H2,1-4H3,(H,36,37,38). The molecular weight excluding hydrogens is 522 g/mol. The summed E-state index contributed by atoms with van der Waals surface area (Å²) in [5.74, 6) is 2.07. The molecule has 1 aliphatic carbocycles. The largest absolute Gasteiger partial charge is 0.494 e. The number of likely N-dealkylation sites (N-methyl/N-ethyl adjacent to an activating group) is 2. The molecule has 2 aromatic carbocycles. The van der Waals surface area contributed by atoms with Crippen LogP contribution in [0, 0.1) is 5.92 Å². The third-order valence-electron chi connectivity index (χ3n) is 9.13. The van der Waals surface area contributed by atoms with E-state index in [1.165, 1.54) is 66.1 Å². The number of nitrogens with two attached hydrogens (primary N) is 1. The van der Waals surface area contributed by atoms with Gasteiger partial charge in [-0.3, -0.25) is 0 Å². The predicted molar refractivity (Wildman–Crippen MR) is 174 cm³/mol. The number of methoxy groups -OCH3 is 1. The molecule has 2 aromatic heterocycles. The summed E-state index contributed by atoms with van der Waals surface area (Å²) in [6.45, 7) is 2.84. The summed E-state index contributed by atoms with van der Waals surface area (Å²) in [6.07, 6.45) is 14.3. The maximum atomic E-state index is 6.56. The molecule has 222 valence electrons. The Morgan fingerprint density at radius 3 is 2.71 bits per heavy atom. The monoisotopic (exact) mass is 567 g/mol. The summed E-state index contributed by atoms with van der Waals surface area (Å²) in [5, 5.41) is 4.73. The van der Waals surface area contributed by atoms with Crippen molar-refractivity contribution in [1.29, 1.82) is 0 Å². The van der Waals surface area contributed by atoms with Crippen LogP contribution in [0.15, 0.2) is 42.7 Å². The molecule has 0 bridgehead atoms. The van der Waals surface area contributed by atoms with Crippen molar-refractivity contribution in [2.75, 3.05) is 57.3 Å². The molecule has 0 saturated heterocycles. The molecule has 3 N–H and O–H groups in total. The number of anilines is 4. The molecule has 1 saturated carbocycles. The van der Waals surface area contributed by atoms with Gasteiger partial charge in [0.2, 0.25) is 5.95 Å². The third kappa shape index (κ3) is 5.77. The Kier molecular flexibility index (Phi) is 8.24. The summed E-state index contributed by atoms with van der Waals surface area (Å²) >= 11 is 0. The zero-order valence-corrected chi connectivity index (χ0v) is 25.6. The van der Waals surface area contributed by atoms with Gasteiger partial charge in [0.25, 0.3) is 0 Å². The lowest BCUT2D eigenvalue weighted by Crippen LogP contribution is -2.29. The molecule has 42 heavy (non-hydrogen) atoms. The SMILES string of the molecule is COc1cc(N(C)CCN(C)C)c(N)cc1Nc1ncc(CCC2CCCC2)c(-c2cn3c4c(cccc24)CCC3)n1. The fourth-order valence-corrected chi connectivity index (χ4v) is 6.76. The topological polar surface area (TPSA) is 84.5 Å². The fourth-order valence-electron chi connectivity index (χ4n) is 6.76. The van der Waals surface area contributed by atoms with Crippen LogP contribution in [0.5, 0.6) is 5.75 Å². The molecule has 8 nitrogen and oxygen atoms in total. The average molecular weight is 568 g/mol. The molecule has 0 spiro atoms. The number of rotatable bonds is 11. The van der Waals surface area contributed by atoms with Crippen LogP contribution in [-0.4, -0.2) is 60.8 Å². The number of aryl methyl sites for hydroxylation is 3. The number of nitrogen functional groups attached to an aromatic ring is 1. The van der Waals surface area contributed by atoms with E-state index >= 15 is 0 Å². The average Bonchev–Trinajstić information content (AvgIpc) is 3.65. The molecule has 0 atom stereocenters. The number of nitrogens with one attached hydrogen (secondary N) is 1. The minimum Gasteiger partial charge on any atom is -0.494 e. The third-order valence-corrected chi connectivity index (χ3v) is 9.13. The molecule has 2 aliphatic rings. The predicted octanol–water partition coefficient (Wildman–Crippen LogP) is 6.50. The van der Waals surface area contributed by atoms with Crippen LogP contribution in [0.25, 0.3) is 22.2 Å². The van der Waals surface area contributed by atoms with E-state index in [1.54, 1.807) is 7.11 Å². The zero-order valence-electron chi connectivity index (χ0n) is 25.6. The Balaban J connectivity index is 1.36. The van der Waals surface area contributed by atoms with Gasteiger partial charge in [-0.25, -0.2) is 9.97 Å². The maximum absolute atomic E-state index is 6.56. The van der Waals surface area contributed by atoms with Crippen molar-refractivity contribution in [2.24, 2.45) is 5.92 Å². The number of aromatic nitrogens is 3. The first-order valence-corrected chi connectivity index (χ1v) is 15.5. The minimum atomic E-state index is 0.549. The van der Waals surface area contributed by atoms with E-state index in [9.17, 15) is 0 Å². The van der Waals surface area contributed by atoms with Crippen LogP contribution >= 0.6 is 0 Å².